The van der Waals surface area contributed by atoms with E-state index in [0.29, 0.717) is 30.5 Å². The van der Waals surface area contributed by atoms with Gasteiger partial charge < -0.3 is 47.8 Å². The van der Waals surface area contributed by atoms with Gasteiger partial charge in [0.25, 0.3) is 0 Å². The van der Waals surface area contributed by atoms with Gasteiger partial charge >= 0.3 is 11.9 Å². The number of unbranched alkanes of at least 4 members (excludes halogenated alkanes) is 1. The van der Waals surface area contributed by atoms with Crippen molar-refractivity contribution in [3.8, 4) is 11.5 Å². The van der Waals surface area contributed by atoms with Crippen molar-refractivity contribution in [2.24, 2.45) is 11.5 Å². The van der Waals surface area contributed by atoms with E-state index in [1.54, 1.807) is 24.3 Å². The second-order valence-electron chi connectivity index (χ2n) is 10.1. The Labute approximate surface area is 248 Å². The van der Waals surface area contributed by atoms with Gasteiger partial charge in [0.2, 0.25) is 17.7 Å². The first-order valence-corrected chi connectivity index (χ1v) is 13.8. The van der Waals surface area contributed by atoms with Crippen molar-refractivity contribution in [1.82, 2.24) is 16.0 Å². The van der Waals surface area contributed by atoms with E-state index in [0.717, 1.165) is 0 Å². The zero-order valence-corrected chi connectivity index (χ0v) is 23.6. The van der Waals surface area contributed by atoms with Crippen molar-refractivity contribution < 1.29 is 44.4 Å². The molecule has 0 aromatic heterocycles. The second kappa shape index (κ2) is 17.3. The quantitative estimate of drug-likeness (QED) is 0.101. The van der Waals surface area contributed by atoms with Gasteiger partial charge in [-0.3, -0.25) is 19.2 Å². The first-order valence-electron chi connectivity index (χ1n) is 13.8. The van der Waals surface area contributed by atoms with Crippen LogP contribution in [0.15, 0.2) is 48.5 Å². The minimum atomic E-state index is -1.50. The molecule has 2 aromatic carbocycles. The Morgan fingerprint density at radius 2 is 1.14 bits per heavy atom. The molecule has 0 bridgehead atoms. The molecule has 3 amide bonds. The van der Waals surface area contributed by atoms with Gasteiger partial charge in [-0.25, -0.2) is 4.79 Å². The number of hydrogen-bond donors (Lipinski definition) is 9. The van der Waals surface area contributed by atoms with Crippen LogP contribution >= 0.6 is 0 Å². The average molecular weight is 602 g/mol. The predicted molar refractivity (Wildman–Crippen MR) is 155 cm³/mol. The van der Waals surface area contributed by atoms with E-state index in [2.05, 4.69) is 16.0 Å². The fourth-order valence-corrected chi connectivity index (χ4v) is 4.17. The van der Waals surface area contributed by atoms with Crippen LogP contribution < -0.4 is 27.4 Å². The molecule has 0 saturated carbocycles. The van der Waals surface area contributed by atoms with E-state index < -0.39 is 60.2 Å². The van der Waals surface area contributed by atoms with Gasteiger partial charge in [-0.2, -0.15) is 0 Å². The topological polar surface area (TPSA) is 254 Å². The molecule has 2 rings (SSSR count). The van der Waals surface area contributed by atoms with Gasteiger partial charge in [-0.1, -0.05) is 24.3 Å². The Morgan fingerprint density at radius 3 is 1.65 bits per heavy atom. The number of rotatable bonds is 18. The standard InChI is InChI=1S/C29H39N5O9/c30-14-2-1-3-22(27(40)33-23(29(42)43)12-13-25(37)38)32-28(41)24(16-18-6-10-20(36)11-7-18)34-26(39)21(31)15-17-4-8-19(35)9-5-17/h4-11,21-24,35-36H,1-3,12-16,30-31H2,(H,32,41)(H,33,40)(H,34,39)(H,37,38)(H,42,43). The number of carboxylic acids is 2. The van der Waals surface area contributed by atoms with E-state index in [1.807, 2.05) is 0 Å². The van der Waals surface area contributed by atoms with Gasteiger partial charge in [0, 0.05) is 12.8 Å². The first kappa shape index (κ1) is 34.5. The number of hydrogen-bond acceptors (Lipinski definition) is 9. The maximum atomic E-state index is 13.5. The van der Waals surface area contributed by atoms with Crippen molar-refractivity contribution in [3.05, 3.63) is 59.7 Å². The van der Waals surface area contributed by atoms with Crippen LogP contribution in [-0.2, 0) is 36.8 Å². The molecule has 0 aliphatic heterocycles. The summed E-state index contributed by atoms with van der Waals surface area (Å²) < 4.78 is 0. The normalized spacial score (nSPS) is 13.6. The largest absolute Gasteiger partial charge is 0.508 e. The van der Waals surface area contributed by atoms with Crippen molar-refractivity contribution in [2.45, 2.75) is 69.1 Å². The molecule has 0 heterocycles. The zero-order chi connectivity index (χ0) is 31.9. The minimum Gasteiger partial charge on any atom is -0.508 e. The molecule has 0 spiro atoms. The van der Waals surface area contributed by atoms with Crippen molar-refractivity contribution in [1.29, 1.82) is 0 Å². The highest BCUT2D eigenvalue weighted by molar-refractivity contribution is 5.94. The Balaban J connectivity index is 2.23. The van der Waals surface area contributed by atoms with Crippen LogP contribution in [0.5, 0.6) is 11.5 Å². The number of aromatic hydroxyl groups is 2. The van der Waals surface area contributed by atoms with Gasteiger partial charge in [0.15, 0.2) is 0 Å². The summed E-state index contributed by atoms with van der Waals surface area (Å²) in [5, 5.41) is 45.0. The summed E-state index contributed by atoms with van der Waals surface area (Å²) in [7, 11) is 0. The molecule has 14 nitrogen and oxygen atoms in total. The molecule has 234 valence electrons. The summed E-state index contributed by atoms with van der Waals surface area (Å²) in [5.41, 5.74) is 12.9. The average Bonchev–Trinajstić information content (AvgIpc) is 2.96. The van der Waals surface area contributed by atoms with Gasteiger partial charge in [-0.05, 0) is 74.0 Å². The van der Waals surface area contributed by atoms with E-state index >= 15 is 0 Å². The summed E-state index contributed by atoms with van der Waals surface area (Å²) in [4.78, 5) is 62.2. The summed E-state index contributed by atoms with van der Waals surface area (Å²) >= 11 is 0. The van der Waals surface area contributed by atoms with Crippen LogP contribution in [0.1, 0.15) is 43.2 Å². The Hall–Kier alpha value is -4.69. The number of carbonyl (C=O) groups is 5. The Bertz CT molecular complexity index is 1240. The number of carboxylic acid groups (broad SMARTS) is 2. The van der Waals surface area contributed by atoms with Crippen molar-refractivity contribution in [2.75, 3.05) is 6.54 Å². The molecule has 0 aliphatic rings. The predicted octanol–water partition coefficient (Wildman–Crippen LogP) is -0.257. The van der Waals surface area contributed by atoms with Crippen LogP contribution in [-0.4, -0.2) is 80.8 Å². The highest BCUT2D eigenvalue weighted by atomic mass is 16.4. The number of benzene rings is 2. The molecule has 0 saturated heterocycles. The SMILES string of the molecule is NCCCCC(NC(=O)C(Cc1ccc(O)cc1)NC(=O)C(N)Cc1ccc(O)cc1)C(=O)NC(CCC(=O)O)C(=O)O. The maximum Gasteiger partial charge on any atom is 0.326 e. The van der Waals surface area contributed by atoms with Crippen molar-refractivity contribution in [3.63, 3.8) is 0 Å². The fourth-order valence-electron chi connectivity index (χ4n) is 4.17. The number of amides is 3. The number of nitrogens with one attached hydrogen (secondary N) is 3. The lowest BCUT2D eigenvalue weighted by Crippen LogP contribution is -2.57. The number of carbonyl (C=O) groups excluding carboxylic acids is 3. The highest BCUT2D eigenvalue weighted by Crippen LogP contribution is 2.14. The minimum absolute atomic E-state index is 0.00257. The second-order valence-corrected chi connectivity index (χ2v) is 10.1. The summed E-state index contributed by atoms with van der Waals surface area (Å²) in [6, 6.07) is 7.07. The van der Waals surface area contributed by atoms with Crippen LogP contribution in [0.4, 0.5) is 0 Å². The molecule has 14 heteroatoms. The van der Waals surface area contributed by atoms with Crippen LogP contribution in [0.25, 0.3) is 0 Å². The molecule has 2 aromatic rings. The molecule has 4 unspecified atom stereocenters. The zero-order valence-electron chi connectivity index (χ0n) is 23.6. The van der Waals surface area contributed by atoms with Crippen LogP contribution in [0.3, 0.4) is 0 Å². The first-order chi connectivity index (χ1) is 20.4. The Morgan fingerprint density at radius 1 is 0.651 bits per heavy atom. The third-order valence-corrected chi connectivity index (χ3v) is 6.58. The van der Waals surface area contributed by atoms with Gasteiger partial charge in [0.05, 0.1) is 6.04 Å². The maximum absolute atomic E-state index is 13.5. The lowest BCUT2D eigenvalue weighted by molar-refractivity contribution is -0.143. The molecular formula is C29H39N5O9. The molecule has 11 N–H and O–H groups in total. The summed E-state index contributed by atoms with van der Waals surface area (Å²) in [5.74, 6) is -4.85. The number of nitrogens with two attached hydrogens (primary N) is 2. The summed E-state index contributed by atoms with van der Waals surface area (Å²) in [6.07, 6.45) is 0.244. The van der Waals surface area contributed by atoms with Crippen LogP contribution in [0, 0.1) is 0 Å². The smallest absolute Gasteiger partial charge is 0.326 e. The lowest BCUT2D eigenvalue weighted by Gasteiger charge is -2.25. The molecule has 4 atom stereocenters. The lowest BCUT2D eigenvalue weighted by atomic mass is 10.0. The summed E-state index contributed by atoms with van der Waals surface area (Å²) in [6.45, 7) is 0.317. The third kappa shape index (κ3) is 12.4. The molecule has 0 aliphatic carbocycles. The number of phenols is 2. The van der Waals surface area contributed by atoms with E-state index in [4.69, 9.17) is 16.6 Å². The monoisotopic (exact) mass is 601 g/mol. The number of phenolic OH excluding ortho intramolecular Hbond substituents is 2. The van der Waals surface area contributed by atoms with E-state index in [-0.39, 0.29) is 37.2 Å². The molecule has 0 fully saturated rings. The fraction of sp³-hybridized carbons (Fsp3) is 0.414. The van der Waals surface area contributed by atoms with Crippen molar-refractivity contribution >= 4 is 29.7 Å². The van der Waals surface area contributed by atoms with E-state index in [1.165, 1.54) is 24.3 Å². The highest BCUT2D eigenvalue weighted by Gasteiger charge is 2.30. The van der Waals surface area contributed by atoms with Crippen LogP contribution in [0.2, 0.25) is 0 Å². The molecule has 43 heavy (non-hydrogen) atoms. The Kier molecular flexibility index (Phi) is 13.9. The van der Waals surface area contributed by atoms with Gasteiger partial charge in [0.1, 0.15) is 29.6 Å². The van der Waals surface area contributed by atoms with E-state index in [9.17, 15) is 39.3 Å². The number of aliphatic carboxylic acids is 2. The molecule has 0 radical (unpaired) electrons. The third-order valence-electron chi connectivity index (χ3n) is 6.58. The van der Waals surface area contributed by atoms with Gasteiger partial charge in [-0.15, -0.1) is 0 Å². The molecular weight excluding hydrogens is 562 g/mol.